The molecule has 1 aliphatic rings. The normalized spacial score (nSPS) is 16.8. The molecule has 1 saturated carbocycles. The van der Waals surface area contributed by atoms with Crippen molar-refractivity contribution in [1.82, 2.24) is 20.2 Å². The highest BCUT2D eigenvalue weighted by Crippen LogP contribution is 2.23. The molecule has 0 unspecified atom stereocenters. The van der Waals surface area contributed by atoms with E-state index in [1.165, 1.54) is 44.2 Å². The Bertz CT molecular complexity index is 498. The number of nitrogens with one attached hydrogen (secondary N) is 1. The van der Waals surface area contributed by atoms with Crippen LogP contribution in [0.3, 0.4) is 0 Å². The van der Waals surface area contributed by atoms with Crippen molar-refractivity contribution in [2.45, 2.75) is 38.5 Å². The van der Waals surface area contributed by atoms with Gasteiger partial charge in [0.1, 0.15) is 6.33 Å². The van der Waals surface area contributed by atoms with Crippen LogP contribution >= 0.6 is 0 Å². The van der Waals surface area contributed by atoms with Crippen LogP contribution in [0.4, 0.5) is 5.69 Å². The summed E-state index contributed by atoms with van der Waals surface area (Å²) in [5.41, 5.74) is 2.15. The average Bonchev–Trinajstić information content (AvgIpc) is 2.90. The van der Waals surface area contributed by atoms with Crippen molar-refractivity contribution in [3.05, 3.63) is 30.6 Å². The van der Waals surface area contributed by atoms with Gasteiger partial charge in [-0.2, -0.15) is 0 Å². The van der Waals surface area contributed by atoms with Gasteiger partial charge < -0.3 is 5.32 Å². The summed E-state index contributed by atoms with van der Waals surface area (Å²) in [6, 6.07) is 8.25. The molecule has 1 aliphatic carbocycles. The van der Waals surface area contributed by atoms with Crippen molar-refractivity contribution in [3.63, 3.8) is 0 Å². The van der Waals surface area contributed by atoms with E-state index in [9.17, 15) is 0 Å². The van der Waals surface area contributed by atoms with E-state index >= 15 is 0 Å². The van der Waals surface area contributed by atoms with Crippen LogP contribution in [0.2, 0.25) is 0 Å². The molecule has 5 heteroatoms. The molecule has 2 aromatic rings. The minimum atomic E-state index is 0.830. The van der Waals surface area contributed by atoms with Gasteiger partial charge in [-0.25, -0.2) is 4.68 Å². The number of nitrogens with zero attached hydrogens (tertiary/aromatic N) is 4. The maximum atomic E-state index is 3.88. The van der Waals surface area contributed by atoms with Crippen molar-refractivity contribution < 1.29 is 0 Å². The highest BCUT2D eigenvalue weighted by atomic mass is 15.5. The fourth-order valence-corrected chi connectivity index (χ4v) is 2.84. The maximum absolute atomic E-state index is 3.88. The summed E-state index contributed by atoms with van der Waals surface area (Å²) in [7, 11) is 0. The third kappa shape index (κ3) is 3.35. The van der Waals surface area contributed by atoms with Gasteiger partial charge in [-0.1, -0.05) is 25.7 Å². The second-order valence-corrected chi connectivity index (χ2v) is 5.54. The Balaban J connectivity index is 1.55. The van der Waals surface area contributed by atoms with Crippen LogP contribution in [-0.2, 0) is 0 Å². The fourth-order valence-electron chi connectivity index (χ4n) is 2.84. The van der Waals surface area contributed by atoms with Crippen molar-refractivity contribution in [2.75, 3.05) is 11.9 Å². The summed E-state index contributed by atoms with van der Waals surface area (Å²) in [4.78, 5) is 0. The molecule has 0 aliphatic heterocycles. The van der Waals surface area contributed by atoms with Crippen LogP contribution in [0, 0.1) is 5.92 Å². The van der Waals surface area contributed by atoms with E-state index in [1.54, 1.807) is 11.0 Å². The van der Waals surface area contributed by atoms with E-state index in [-0.39, 0.29) is 0 Å². The van der Waals surface area contributed by atoms with Crippen LogP contribution in [0.15, 0.2) is 30.6 Å². The first-order valence-electron chi connectivity index (χ1n) is 7.49. The van der Waals surface area contributed by atoms with Crippen LogP contribution in [-0.4, -0.2) is 26.8 Å². The molecule has 0 spiro atoms. The quantitative estimate of drug-likeness (QED) is 0.868. The molecular weight excluding hydrogens is 250 g/mol. The van der Waals surface area contributed by atoms with Crippen LogP contribution < -0.4 is 5.32 Å². The number of anilines is 1. The van der Waals surface area contributed by atoms with Gasteiger partial charge in [0.25, 0.3) is 0 Å². The lowest BCUT2D eigenvalue weighted by Gasteiger charge is -2.15. The van der Waals surface area contributed by atoms with Gasteiger partial charge in [0.05, 0.1) is 5.69 Å². The summed E-state index contributed by atoms with van der Waals surface area (Å²) in [6.45, 7) is 1.09. The van der Waals surface area contributed by atoms with Gasteiger partial charge in [0.15, 0.2) is 0 Å². The molecule has 1 aromatic carbocycles. The molecule has 0 amide bonds. The molecule has 1 fully saturated rings. The minimum absolute atomic E-state index is 0.830. The summed E-state index contributed by atoms with van der Waals surface area (Å²) >= 11 is 0. The second kappa shape index (κ2) is 6.50. The largest absolute Gasteiger partial charge is 0.385 e. The van der Waals surface area contributed by atoms with Crippen molar-refractivity contribution >= 4 is 5.69 Å². The van der Waals surface area contributed by atoms with Gasteiger partial charge in [0, 0.05) is 12.2 Å². The lowest BCUT2D eigenvalue weighted by atomic mass is 10.0. The predicted octanol–water partition coefficient (Wildman–Crippen LogP) is 3.04. The third-order valence-electron chi connectivity index (χ3n) is 4.05. The van der Waals surface area contributed by atoms with Crippen LogP contribution in [0.25, 0.3) is 5.69 Å². The Labute approximate surface area is 119 Å². The summed E-state index contributed by atoms with van der Waals surface area (Å²) < 4.78 is 1.66. The van der Waals surface area contributed by atoms with Crippen molar-refractivity contribution in [2.24, 2.45) is 5.92 Å². The first kappa shape index (κ1) is 13.1. The maximum Gasteiger partial charge on any atom is 0.143 e. The Morgan fingerprint density at radius 2 is 1.80 bits per heavy atom. The lowest BCUT2D eigenvalue weighted by Crippen LogP contribution is -2.13. The van der Waals surface area contributed by atoms with E-state index in [2.05, 4.69) is 33.0 Å². The monoisotopic (exact) mass is 271 g/mol. The molecule has 0 radical (unpaired) electrons. The molecule has 106 valence electrons. The molecule has 0 atom stereocenters. The molecule has 20 heavy (non-hydrogen) atoms. The molecule has 0 saturated heterocycles. The van der Waals surface area contributed by atoms with E-state index < -0.39 is 0 Å². The molecule has 1 heterocycles. The number of hydrogen-bond acceptors (Lipinski definition) is 4. The molecule has 3 rings (SSSR count). The number of benzene rings is 1. The molecular formula is C15H21N5. The zero-order valence-electron chi connectivity index (χ0n) is 11.7. The smallest absolute Gasteiger partial charge is 0.143 e. The number of aromatic nitrogens is 4. The van der Waals surface area contributed by atoms with Gasteiger partial charge in [-0.15, -0.1) is 5.10 Å². The Morgan fingerprint density at radius 1 is 1.05 bits per heavy atom. The van der Waals surface area contributed by atoms with E-state index in [4.69, 9.17) is 0 Å². The zero-order valence-corrected chi connectivity index (χ0v) is 11.7. The lowest BCUT2D eigenvalue weighted by molar-refractivity contribution is 0.483. The number of rotatable bonds is 4. The standard InChI is InChI=1S/C15H21N5/c1-2-4-6-13(5-3-1)11-16-14-7-9-15(10-8-14)20-12-17-18-19-20/h7-10,12-13,16H,1-6,11H2. The Morgan fingerprint density at radius 3 is 2.45 bits per heavy atom. The summed E-state index contributed by atoms with van der Waals surface area (Å²) in [5, 5.41) is 14.7. The van der Waals surface area contributed by atoms with Crippen LogP contribution in [0.1, 0.15) is 38.5 Å². The molecule has 1 N–H and O–H groups in total. The van der Waals surface area contributed by atoms with E-state index in [0.29, 0.717) is 0 Å². The third-order valence-corrected chi connectivity index (χ3v) is 4.05. The molecule has 0 bridgehead atoms. The average molecular weight is 271 g/mol. The van der Waals surface area contributed by atoms with E-state index in [0.717, 1.165) is 18.2 Å². The first-order valence-corrected chi connectivity index (χ1v) is 7.49. The van der Waals surface area contributed by atoms with Gasteiger partial charge in [-0.3, -0.25) is 0 Å². The number of tetrazole rings is 1. The summed E-state index contributed by atoms with van der Waals surface area (Å²) in [6.07, 6.45) is 9.96. The van der Waals surface area contributed by atoms with Crippen molar-refractivity contribution in [1.29, 1.82) is 0 Å². The predicted molar refractivity (Wildman–Crippen MR) is 78.8 cm³/mol. The first-order chi connectivity index (χ1) is 9.92. The van der Waals surface area contributed by atoms with E-state index in [1.807, 2.05) is 12.1 Å². The second-order valence-electron chi connectivity index (χ2n) is 5.54. The SMILES string of the molecule is c1cc(-n2cnnn2)ccc1NCC1CCCCCC1. The fraction of sp³-hybridized carbons (Fsp3) is 0.533. The summed E-state index contributed by atoms with van der Waals surface area (Å²) in [5.74, 6) is 0.830. The number of hydrogen-bond donors (Lipinski definition) is 1. The van der Waals surface area contributed by atoms with Crippen LogP contribution in [0.5, 0.6) is 0 Å². The van der Waals surface area contributed by atoms with Gasteiger partial charge in [-0.05, 0) is 53.5 Å². The molecule has 1 aromatic heterocycles. The Kier molecular flexibility index (Phi) is 4.25. The van der Waals surface area contributed by atoms with Gasteiger partial charge in [0.2, 0.25) is 0 Å². The zero-order chi connectivity index (χ0) is 13.6. The highest BCUT2D eigenvalue weighted by Gasteiger charge is 2.11. The topological polar surface area (TPSA) is 55.6 Å². The highest BCUT2D eigenvalue weighted by molar-refractivity contribution is 5.48. The minimum Gasteiger partial charge on any atom is -0.385 e. The Hall–Kier alpha value is -1.91. The molecule has 5 nitrogen and oxygen atoms in total. The van der Waals surface area contributed by atoms with Gasteiger partial charge >= 0.3 is 0 Å². The van der Waals surface area contributed by atoms with Crippen molar-refractivity contribution in [3.8, 4) is 5.69 Å².